The van der Waals surface area contributed by atoms with Gasteiger partial charge in [-0.2, -0.15) is 0 Å². The van der Waals surface area contributed by atoms with E-state index in [1.807, 2.05) is 43.3 Å². The predicted octanol–water partition coefficient (Wildman–Crippen LogP) is 3.26. The first-order valence-corrected chi connectivity index (χ1v) is 8.66. The van der Waals surface area contributed by atoms with Crippen LogP contribution in [0.1, 0.15) is 43.7 Å². The highest BCUT2D eigenvalue weighted by Crippen LogP contribution is 2.29. The Morgan fingerprint density at radius 3 is 2.80 bits per heavy atom. The van der Waals surface area contributed by atoms with Crippen LogP contribution in [0.15, 0.2) is 40.9 Å². The summed E-state index contributed by atoms with van der Waals surface area (Å²) in [7, 11) is 0. The number of nitrogens with zero attached hydrogens (tertiary/aromatic N) is 2. The van der Waals surface area contributed by atoms with Gasteiger partial charge in [0.05, 0.1) is 25.4 Å². The largest absolute Gasteiger partial charge is 0.367 e. The van der Waals surface area contributed by atoms with Crippen molar-refractivity contribution in [1.29, 1.82) is 0 Å². The number of aromatic nitrogens is 1. The highest BCUT2D eigenvalue weighted by molar-refractivity contribution is 5.74. The summed E-state index contributed by atoms with van der Waals surface area (Å²) in [4.78, 5) is 14.3. The zero-order valence-corrected chi connectivity index (χ0v) is 15.0. The van der Waals surface area contributed by atoms with Gasteiger partial charge in [-0.05, 0) is 18.4 Å². The summed E-state index contributed by atoms with van der Waals surface area (Å²) in [6.45, 7) is 8.05. The SMILES string of the molecule is CC(C)c1cc(CNC(=O)N2CCOC(C)(c3ccccc3)C2)on1. The van der Waals surface area contributed by atoms with Gasteiger partial charge in [-0.1, -0.05) is 49.3 Å². The lowest BCUT2D eigenvalue weighted by Gasteiger charge is -2.40. The summed E-state index contributed by atoms with van der Waals surface area (Å²) in [5.41, 5.74) is 1.48. The van der Waals surface area contributed by atoms with Gasteiger partial charge in [-0.25, -0.2) is 4.79 Å². The maximum Gasteiger partial charge on any atom is 0.317 e. The molecule has 1 atom stereocenters. The first-order chi connectivity index (χ1) is 12.0. The summed E-state index contributed by atoms with van der Waals surface area (Å²) in [5, 5.41) is 6.92. The molecule has 3 rings (SSSR count). The predicted molar refractivity (Wildman–Crippen MR) is 94.1 cm³/mol. The molecule has 1 fully saturated rings. The summed E-state index contributed by atoms with van der Waals surface area (Å²) in [5.74, 6) is 0.968. The van der Waals surface area contributed by atoms with Crippen LogP contribution in [0.25, 0.3) is 0 Å². The second-order valence-corrected chi connectivity index (χ2v) is 6.90. The molecular formula is C19H25N3O3. The quantitative estimate of drug-likeness (QED) is 0.925. The summed E-state index contributed by atoms with van der Waals surface area (Å²) in [6, 6.07) is 11.8. The molecule has 1 aromatic heterocycles. The molecule has 1 N–H and O–H groups in total. The van der Waals surface area contributed by atoms with E-state index in [0.717, 1.165) is 11.3 Å². The topological polar surface area (TPSA) is 67.6 Å². The van der Waals surface area contributed by atoms with Crippen LogP contribution in [0.2, 0.25) is 0 Å². The van der Waals surface area contributed by atoms with Crippen LogP contribution < -0.4 is 5.32 Å². The standard InChI is InChI=1S/C19H25N3O3/c1-14(2)17-11-16(25-21-17)12-20-18(23)22-9-10-24-19(3,13-22)15-7-5-4-6-8-15/h4-8,11,14H,9-10,12-13H2,1-3H3,(H,20,23). The van der Waals surface area contributed by atoms with Crippen LogP contribution in [0.5, 0.6) is 0 Å². The van der Waals surface area contributed by atoms with E-state index < -0.39 is 5.60 Å². The molecule has 6 heteroatoms. The maximum absolute atomic E-state index is 12.5. The average Bonchev–Trinajstić information content (AvgIpc) is 3.10. The number of nitrogens with one attached hydrogen (secondary N) is 1. The number of hydrogen-bond acceptors (Lipinski definition) is 4. The first kappa shape index (κ1) is 17.5. The lowest BCUT2D eigenvalue weighted by atomic mass is 9.94. The molecule has 1 aromatic carbocycles. The number of benzene rings is 1. The van der Waals surface area contributed by atoms with Crippen LogP contribution in [-0.4, -0.2) is 35.8 Å². The van der Waals surface area contributed by atoms with E-state index in [9.17, 15) is 4.79 Å². The minimum Gasteiger partial charge on any atom is -0.367 e. The Balaban J connectivity index is 1.60. The molecule has 134 valence electrons. The van der Waals surface area contributed by atoms with Gasteiger partial charge in [0, 0.05) is 12.6 Å². The Kier molecular flexibility index (Phi) is 5.08. The highest BCUT2D eigenvalue weighted by atomic mass is 16.5. The molecule has 2 amide bonds. The van der Waals surface area contributed by atoms with Gasteiger partial charge in [-0.15, -0.1) is 0 Å². The number of carbonyl (C=O) groups excluding carboxylic acids is 1. The fourth-order valence-electron chi connectivity index (χ4n) is 2.97. The van der Waals surface area contributed by atoms with E-state index in [0.29, 0.717) is 37.9 Å². The van der Waals surface area contributed by atoms with Crippen molar-refractivity contribution in [2.24, 2.45) is 0 Å². The molecule has 1 unspecified atom stereocenters. The van der Waals surface area contributed by atoms with Crippen molar-refractivity contribution in [3.05, 3.63) is 53.4 Å². The fraction of sp³-hybridized carbons (Fsp3) is 0.474. The molecule has 0 spiro atoms. The molecular weight excluding hydrogens is 318 g/mol. The average molecular weight is 343 g/mol. The van der Waals surface area contributed by atoms with Gasteiger partial charge in [0.2, 0.25) is 0 Å². The Labute approximate surface area is 148 Å². The van der Waals surface area contributed by atoms with Crippen LogP contribution in [0.3, 0.4) is 0 Å². The van der Waals surface area contributed by atoms with Gasteiger partial charge < -0.3 is 19.5 Å². The Morgan fingerprint density at radius 1 is 1.36 bits per heavy atom. The van der Waals surface area contributed by atoms with E-state index in [4.69, 9.17) is 9.26 Å². The monoisotopic (exact) mass is 343 g/mol. The molecule has 0 saturated carbocycles. The van der Waals surface area contributed by atoms with Crippen molar-refractivity contribution >= 4 is 6.03 Å². The first-order valence-electron chi connectivity index (χ1n) is 8.66. The molecule has 1 aliphatic heterocycles. The van der Waals surface area contributed by atoms with Gasteiger partial charge in [-0.3, -0.25) is 0 Å². The van der Waals surface area contributed by atoms with Gasteiger partial charge >= 0.3 is 6.03 Å². The third-order valence-corrected chi connectivity index (χ3v) is 4.53. The minimum absolute atomic E-state index is 0.118. The number of morpholine rings is 1. The highest BCUT2D eigenvalue weighted by Gasteiger charge is 2.35. The molecule has 0 bridgehead atoms. The number of hydrogen-bond donors (Lipinski definition) is 1. The number of carbonyl (C=O) groups is 1. The lowest BCUT2D eigenvalue weighted by molar-refractivity contribution is -0.0907. The van der Waals surface area contributed by atoms with E-state index >= 15 is 0 Å². The molecule has 2 heterocycles. The van der Waals surface area contributed by atoms with E-state index in [1.54, 1.807) is 4.90 Å². The van der Waals surface area contributed by atoms with Crippen molar-refractivity contribution in [3.8, 4) is 0 Å². The molecule has 0 aliphatic carbocycles. The van der Waals surface area contributed by atoms with E-state index in [1.165, 1.54) is 0 Å². The number of urea groups is 1. The normalized spacial score (nSPS) is 20.7. The van der Waals surface area contributed by atoms with Crippen molar-refractivity contribution in [3.63, 3.8) is 0 Å². The van der Waals surface area contributed by atoms with Crippen LogP contribution in [0.4, 0.5) is 4.79 Å². The van der Waals surface area contributed by atoms with E-state index in [-0.39, 0.29) is 6.03 Å². The smallest absolute Gasteiger partial charge is 0.317 e. The Morgan fingerprint density at radius 2 is 2.12 bits per heavy atom. The number of amides is 2. The second kappa shape index (κ2) is 7.27. The van der Waals surface area contributed by atoms with Gasteiger partial charge in [0.25, 0.3) is 0 Å². The van der Waals surface area contributed by atoms with Crippen molar-refractivity contribution < 1.29 is 14.1 Å². The van der Waals surface area contributed by atoms with Crippen LogP contribution >= 0.6 is 0 Å². The second-order valence-electron chi connectivity index (χ2n) is 6.90. The van der Waals surface area contributed by atoms with Crippen molar-refractivity contribution in [2.75, 3.05) is 19.7 Å². The van der Waals surface area contributed by atoms with Crippen LogP contribution in [0, 0.1) is 0 Å². The summed E-state index contributed by atoms with van der Waals surface area (Å²) >= 11 is 0. The Hall–Kier alpha value is -2.34. The number of ether oxygens (including phenoxy) is 1. The molecule has 1 aliphatic rings. The third kappa shape index (κ3) is 4.02. The zero-order chi connectivity index (χ0) is 17.9. The van der Waals surface area contributed by atoms with Gasteiger partial charge in [0.15, 0.2) is 5.76 Å². The maximum atomic E-state index is 12.5. The molecule has 1 saturated heterocycles. The summed E-state index contributed by atoms with van der Waals surface area (Å²) < 4.78 is 11.2. The van der Waals surface area contributed by atoms with E-state index in [2.05, 4.69) is 24.3 Å². The fourth-order valence-corrected chi connectivity index (χ4v) is 2.97. The van der Waals surface area contributed by atoms with Crippen molar-refractivity contribution in [2.45, 2.75) is 38.8 Å². The molecule has 6 nitrogen and oxygen atoms in total. The van der Waals surface area contributed by atoms with Gasteiger partial charge in [0.1, 0.15) is 5.60 Å². The third-order valence-electron chi connectivity index (χ3n) is 4.53. The summed E-state index contributed by atoms with van der Waals surface area (Å²) in [6.07, 6.45) is 0. The van der Waals surface area contributed by atoms with Crippen molar-refractivity contribution in [1.82, 2.24) is 15.4 Å². The van der Waals surface area contributed by atoms with Crippen LogP contribution in [-0.2, 0) is 16.9 Å². The lowest BCUT2D eigenvalue weighted by Crippen LogP contribution is -2.53. The molecule has 2 aromatic rings. The Bertz CT molecular complexity index is 714. The minimum atomic E-state index is -0.492. The molecule has 25 heavy (non-hydrogen) atoms. The zero-order valence-electron chi connectivity index (χ0n) is 15.0. The molecule has 0 radical (unpaired) electrons. The number of rotatable bonds is 4.